The largest absolute Gasteiger partial charge is 0.494 e. The van der Waals surface area contributed by atoms with E-state index in [1.165, 1.54) is 5.69 Å². The van der Waals surface area contributed by atoms with Crippen molar-refractivity contribution in [2.24, 2.45) is 0 Å². The van der Waals surface area contributed by atoms with E-state index in [0.29, 0.717) is 24.0 Å². The minimum Gasteiger partial charge on any atom is -0.494 e. The van der Waals surface area contributed by atoms with E-state index in [9.17, 15) is 0 Å². The first-order valence-corrected chi connectivity index (χ1v) is 9.97. The third-order valence-corrected chi connectivity index (χ3v) is 5.14. The van der Waals surface area contributed by atoms with E-state index in [-0.39, 0.29) is 0 Å². The zero-order valence-corrected chi connectivity index (χ0v) is 16.8. The number of aromatic nitrogens is 2. The monoisotopic (exact) mass is 396 g/mol. The Morgan fingerprint density at radius 1 is 1.00 bits per heavy atom. The van der Waals surface area contributed by atoms with E-state index in [0.717, 1.165) is 37.5 Å². The molecular formula is C21H24N4O2S. The molecular weight excluding hydrogens is 372 g/mol. The minimum atomic E-state index is 0.398. The summed E-state index contributed by atoms with van der Waals surface area (Å²) in [6, 6.07) is 18.2. The van der Waals surface area contributed by atoms with Crippen LogP contribution in [0.4, 0.5) is 5.69 Å². The maximum Gasteiger partial charge on any atom is 0.288 e. The van der Waals surface area contributed by atoms with Crippen molar-refractivity contribution in [3.63, 3.8) is 0 Å². The predicted octanol–water partition coefficient (Wildman–Crippen LogP) is 4.05. The molecule has 1 aliphatic heterocycles. The molecule has 1 aliphatic rings. The minimum absolute atomic E-state index is 0.398. The summed E-state index contributed by atoms with van der Waals surface area (Å²) in [6.45, 7) is 7.15. The fourth-order valence-corrected chi connectivity index (χ4v) is 3.53. The van der Waals surface area contributed by atoms with Crippen molar-refractivity contribution < 1.29 is 9.15 Å². The fourth-order valence-electron chi connectivity index (χ4n) is 3.35. The van der Waals surface area contributed by atoms with Crippen molar-refractivity contribution in [1.29, 1.82) is 0 Å². The number of ether oxygens (including phenoxy) is 1. The van der Waals surface area contributed by atoms with Gasteiger partial charge in [-0.25, -0.2) is 4.68 Å². The van der Waals surface area contributed by atoms with E-state index in [4.69, 9.17) is 21.4 Å². The molecule has 4 rings (SSSR count). The third-order valence-electron chi connectivity index (χ3n) is 4.85. The zero-order valence-electron chi connectivity index (χ0n) is 16.0. The maximum atomic E-state index is 5.72. The molecule has 0 radical (unpaired) electrons. The molecule has 1 saturated heterocycles. The molecule has 2 aromatic carbocycles. The van der Waals surface area contributed by atoms with E-state index in [1.54, 1.807) is 4.68 Å². The van der Waals surface area contributed by atoms with Crippen molar-refractivity contribution in [3.05, 3.63) is 59.4 Å². The Hall–Kier alpha value is -2.64. The Morgan fingerprint density at radius 3 is 2.39 bits per heavy atom. The van der Waals surface area contributed by atoms with Gasteiger partial charge in [0.05, 0.1) is 13.3 Å². The van der Waals surface area contributed by atoms with E-state index >= 15 is 0 Å². The molecule has 0 saturated carbocycles. The average Bonchev–Trinajstić information content (AvgIpc) is 3.10. The lowest BCUT2D eigenvalue weighted by molar-refractivity contribution is 0.192. The van der Waals surface area contributed by atoms with Crippen LogP contribution >= 0.6 is 12.2 Å². The second-order valence-corrected chi connectivity index (χ2v) is 7.06. The molecule has 1 fully saturated rings. The van der Waals surface area contributed by atoms with Crippen LogP contribution in [0.5, 0.6) is 5.75 Å². The van der Waals surface area contributed by atoms with E-state index in [1.807, 2.05) is 37.3 Å². The fraction of sp³-hybridized carbons (Fsp3) is 0.333. The summed E-state index contributed by atoms with van der Waals surface area (Å²) >= 11 is 5.38. The van der Waals surface area contributed by atoms with Crippen LogP contribution in [0.1, 0.15) is 6.92 Å². The van der Waals surface area contributed by atoms with Gasteiger partial charge in [0.2, 0.25) is 5.89 Å². The molecule has 6 nitrogen and oxygen atoms in total. The molecule has 146 valence electrons. The van der Waals surface area contributed by atoms with E-state index in [2.05, 4.69) is 39.2 Å². The van der Waals surface area contributed by atoms with Crippen LogP contribution in [-0.2, 0) is 6.67 Å². The summed E-state index contributed by atoms with van der Waals surface area (Å²) in [7, 11) is 0. The van der Waals surface area contributed by atoms with Gasteiger partial charge in [0.1, 0.15) is 5.75 Å². The summed E-state index contributed by atoms with van der Waals surface area (Å²) in [5, 5.41) is 4.58. The molecule has 0 aliphatic carbocycles. The lowest BCUT2D eigenvalue weighted by Gasteiger charge is -2.35. The van der Waals surface area contributed by atoms with Gasteiger partial charge in [0.15, 0.2) is 0 Å². The van der Waals surface area contributed by atoms with Gasteiger partial charge in [-0.3, -0.25) is 4.90 Å². The van der Waals surface area contributed by atoms with Crippen LogP contribution in [0.25, 0.3) is 11.5 Å². The summed E-state index contributed by atoms with van der Waals surface area (Å²) in [5.41, 5.74) is 2.17. The number of hydrogen-bond acceptors (Lipinski definition) is 6. The first-order valence-electron chi connectivity index (χ1n) is 9.56. The number of para-hydroxylation sites is 1. The maximum absolute atomic E-state index is 5.72. The van der Waals surface area contributed by atoms with Crippen molar-refractivity contribution in [3.8, 4) is 17.2 Å². The SMILES string of the molecule is CCOc1ccc(-c2nn(CN3CCN(c4ccccc4)CC3)c(=S)o2)cc1. The Kier molecular flexibility index (Phi) is 5.73. The van der Waals surface area contributed by atoms with Crippen molar-refractivity contribution in [2.45, 2.75) is 13.6 Å². The first kappa shape index (κ1) is 18.7. The summed E-state index contributed by atoms with van der Waals surface area (Å²) < 4.78 is 13.0. The number of rotatable bonds is 6. The number of nitrogens with zero attached hydrogens (tertiary/aromatic N) is 4. The van der Waals surface area contributed by atoms with Crippen LogP contribution in [0.2, 0.25) is 0 Å². The second kappa shape index (κ2) is 8.58. The second-order valence-electron chi connectivity index (χ2n) is 6.71. The van der Waals surface area contributed by atoms with Gasteiger partial charge in [-0.05, 0) is 55.5 Å². The average molecular weight is 397 g/mol. The van der Waals surface area contributed by atoms with Crippen LogP contribution in [0.3, 0.4) is 0 Å². The molecule has 0 amide bonds. The lowest BCUT2D eigenvalue weighted by atomic mass is 10.2. The normalized spacial score (nSPS) is 15.0. The topological polar surface area (TPSA) is 46.7 Å². The Morgan fingerprint density at radius 2 is 1.71 bits per heavy atom. The van der Waals surface area contributed by atoms with Crippen molar-refractivity contribution in [1.82, 2.24) is 14.7 Å². The molecule has 0 bridgehead atoms. The van der Waals surface area contributed by atoms with Gasteiger partial charge >= 0.3 is 0 Å². The molecule has 0 spiro atoms. The van der Waals surface area contributed by atoms with Gasteiger partial charge in [0, 0.05) is 37.4 Å². The third kappa shape index (κ3) is 4.26. The number of hydrogen-bond donors (Lipinski definition) is 0. The Balaban J connectivity index is 1.39. The highest BCUT2D eigenvalue weighted by Gasteiger charge is 2.18. The van der Waals surface area contributed by atoms with Crippen LogP contribution in [0, 0.1) is 4.84 Å². The number of benzene rings is 2. The summed E-state index contributed by atoms with van der Waals surface area (Å²) in [4.78, 5) is 5.15. The molecule has 0 N–H and O–H groups in total. The van der Waals surface area contributed by atoms with Gasteiger partial charge < -0.3 is 14.1 Å². The quantitative estimate of drug-likeness (QED) is 0.586. The highest BCUT2D eigenvalue weighted by atomic mass is 32.1. The Labute approximate surface area is 169 Å². The summed E-state index contributed by atoms with van der Waals surface area (Å²) in [5.74, 6) is 1.37. The van der Waals surface area contributed by atoms with Crippen LogP contribution in [-0.4, -0.2) is 47.5 Å². The smallest absolute Gasteiger partial charge is 0.288 e. The lowest BCUT2D eigenvalue weighted by Crippen LogP contribution is -2.46. The molecule has 3 aromatic rings. The molecule has 28 heavy (non-hydrogen) atoms. The predicted molar refractivity (Wildman–Crippen MR) is 112 cm³/mol. The van der Waals surface area contributed by atoms with Gasteiger partial charge in [-0.1, -0.05) is 18.2 Å². The van der Waals surface area contributed by atoms with Crippen molar-refractivity contribution in [2.75, 3.05) is 37.7 Å². The number of anilines is 1. The van der Waals surface area contributed by atoms with Gasteiger partial charge in [0.25, 0.3) is 4.84 Å². The molecule has 1 aromatic heterocycles. The zero-order chi connectivity index (χ0) is 19.3. The molecule has 0 atom stereocenters. The standard InChI is InChI=1S/C21H24N4O2S/c1-2-26-19-10-8-17(9-11-19)20-22-25(21(28)27-20)16-23-12-14-24(15-13-23)18-6-4-3-5-7-18/h3-11H,2,12-16H2,1H3. The highest BCUT2D eigenvalue weighted by molar-refractivity contribution is 7.71. The van der Waals surface area contributed by atoms with Gasteiger partial charge in [-0.2, -0.15) is 0 Å². The molecule has 7 heteroatoms. The van der Waals surface area contributed by atoms with Crippen LogP contribution in [0.15, 0.2) is 59.0 Å². The van der Waals surface area contributed by atoms with E-state index < -0.39 is 0 Å². The highest BCUT2D eigenvalue weighted by Crippen LogP contribution is 2.22. The summed E-state index contributed by atoms with van der Waals surface area (Å²) in [6.07, 6.45) is 0. The molecule has 2 heterocycles. The number of piperazine rings is 1. The Bertz CT molecular complexity index is 945. The van der Waals surface area contributed by atoms with Crippen LogP contribution < -0.4 is 9.64 Å². The first-order chi connectivity index (χ1) is 13.7. The van der Waals surface area contributed by atoms with Gasteiger partial charge in [-0.15, -0.1) is 5.10 Å². The van der Waals surface area contributed by atoms with Crippen molar-refractivity contribution >= 4 is 17.9 Å². The molecule has 0 unspecified atom stereocenters.